The molecule has 1 aliphatic heterocycles. The smallest absolute Gasteiger partial charge is 0.329 e. The molecule has 1 aliphatic rings. The highest BCUT2D eigenvalue weighted by Gasteiger charge is 2.18. The highest BCUT2D eigenvalue weighted by molar-refractivity contribution is 7.99. The van der Waals surface area contributed by atoms with Crippen molar-refractivity contribution in [1.29, 1.82) is 0 Å². The zero-order valence-corrected chi connectivity index (χ0v) is 9.58. The largest absolute Gasteiger partial charge is 0.392 e. The van der Waals surface area contributed by atoms with E-state index in [1.54, 1.807) is 24.9 Å². The molecule has 0 bridgehead atoms. The maximum Gasteiger partial charge on any atom is 0.329 e. The molecule has 2 heterocycles. The van der Waals surface area contributed by atoms with Gasteiger partial charge < -0.3 is 5.11 Å². The summed E-state index contributed by atoms with van der Waals surface area (Å²) in [5, 5.41) is 8.84. The molecule has 0 radical (unpaired) electrons. The van der Waals surface area contributed by atoms with Gasteiger partial charge in [0.1, 0.15) is 5.37 Å². The molecule has 16 heavy (non-hydrogen) atoms. The molecule has 0 aliphatic carbocycles. The molecule has 0 amide bonds. The monoisotopic (exact) mass is 240 g/mol. The second-order valence-corrected chi connectivity index (χ2v) is 4.77. The van der Waals surface area contributed by atoms with Crippen molar-refractivity contribution in [2.75, 3.05) is 12.4 Å². The minimum atomic E-state index is -0.413. The molecular weight excluding hydrogens is 228 g/mol. The van der Waals surface area contributed by atoms with Crippen LogP contribution in [0, 0.1) is 6.92 Å². The Kier molecular flexibility index (Phi) is 3.02. The minimum absolute atomic E-state index is 0.0145. The molecular formula is C10H12N2O3S. The topological polar surface area (TPSA) is 75.1 Å². The number of rotatable bonds is 2. The third-order valence-corrected chi connectivity index (χ3v) is 3.68. The van der Waals surface area contributed by atoms with Crippen LogP contribution in [0.25, 0.3) is 0 Å². The first-order chi connectivity index (χ1) is 7.61. The fourth-order valence-corrected chi connectivity index (χ4v) is 2.70. The van der Waals surface area contributed by atoms with Crippen molar-refractivity contribution in [3.05, 3.63) is 44.2 Å². The average molecular weight is 240 g/mol. The van der Waals surface area contributed by atoms with E-state index in [9.17, 15) is 9.59 Å². The first-order valence-electron chi connectivity index (χ1n) is 4.86. The molecule has 6 heteroatoms. The molecule has 1 aromatic heterocycles. The van der Waals surface area contributed by atoms with Gasteiger partial charge in [-0.15, -0.1) is 11.8 Å². The lowest BCUT2D eigenvalue weighted by Gasteiger charge is -2.10. The number of nitrogens with one attached hydrogen (secondary N) is 1. The van der Waals surface area contributed by atoms with Crippen molar-refractivity contribution in [2.24, 2.45) is 0 Å². The summed E-state index contributed by atoms with van der Waals surface area (Å²) in [6, 6.07) is 0. The molecule has 0 saturated heterocycles. The molecule has 1 atom stereocenters. The zero-order chi connectivity index (χ0) is 11.7. The lowest BCUT2D eigenvalue weighted by molar-refractivity contribution is 0.332. The van der Waals surface area contributed by atoms with E-state index in [1.165, 1.54) is 4.57 Å². The minimum Gasteiger partial charge on any atom is -0.392 e. The van der Waals surface area contributed by atoms with Crippen LogP contribution in [0.15, 0.2) is 27.4 Å². The van der Waals surface area contributed by atoms with E-state index in [4.69, 9.17) is 5.11 Å². The van der Waals surface area contributed by atoms with Crippen LogP contribution < -0.4 is 11.2 Å². The van der Waals surface area contributed by atoms with Crippen LogP contribution in [0.3, 0.4) is 0 Å². The summed E-state index contributed by atoms with van der Waals surface area (Å²) in [5.41, 5.74) is 0.649. The van der Waals surface area contributed by atoms with Crippen LogP contribution in [0.5, 0.6) is 0 Å². The Morgan fingerprint density at radius 3 is 3.00 bits per heavy atom. The fraction of sp³-hybridized carbons (Fsp3) is 0.400. The highest BCUT2D eigenvalue weighted by atomic mass is 32.2. The van der Waals surface area contributed by atoms with Crippen LogP contribution >= 0.6 is 11.8 Å². The predicted octanol–water partition coefficient (Wildman–Crippen LogP) is 0.00912. The Labute approximate surface area is 95.8 Å². The number of hydrogen-bond acceptors (Lipinski definition) is 4. The maximum absolute atomic E-state index is 11.6. The van der Waals surface area contributed by atoms with Gasteiger partial charge in [0, 0.05) is 17.5 Å². The van der Waals surface area contributed by atoms with E-state index in [-0.39, 0.29) is 17.5 Å². The van der Waals surface area contributed by atoms with Gasteiger partial charge in [0.25, 0.3) is 5.56 Å². The summed E-state index contributed by atoms with van der Waals surface area (Å²) >= 11 is 1.55. The number of aryl methyl sites for hydroxylation is 1. The number of nitrogens with zero attached hydrogens (tertiary/aromatic N) is 1. The Morgan fingerprint density at radius 2 is 2.38 bits per heavy atom. The molecule has 1 unspecified atom stereocenters. The number of aromatic nitrogens is 2. The lowest BCUT2D eigenvalue weighted by Crippen LogP contribution is -2.31. The van der Waals surface area contributed by atoms with E-state index in [2.05, 4.69) is 4.98 Å². The second-order valence-electron chi connectivity index (χ2n) is 3.66. The number of thioether (sulfide) groups is 1. The van der Waals surface area contributed by atoms with Gasteiger partial charge in [-0.1, -0.05) is 0 Å². The third kappa shape index (κ3) is 1.98. The van der Waals surface area contributed by atoms with Crippen molar-refractivity contribution < 1.29 is 5.11 Å². The van der Waals surface area contributed by atoms with Crippen molar-refractivity contribution in [3.8, 4) is 0 Å². The number of hydrogen-bond donors (Lipinski definition) is 2. The number of aliphatic hydroxyl groups is 1. The van der Waals surface area contributed by atoms with E-state index >= 15 is 0 Å². The molecule has 0 fully saturated rings. The highest BCUT2D eigenvalue weighted by Crippen LogP contribution is 2.32. The van der Waals surface area contributed by atoms with Crippen LogP contribution in [0.4, 0.5) is 0 Å². The van der Waals surface area contributed by atoms with Crippen molar-refractivity contribution in [3.63, 3.8) is 0 Å². The molecule has 2 rings (SSSR count). The van der Waals surface area contributed by atoms with Gasteiger partial charge in [-0.3, -0.25) is 14.3 Å². The van der Waals surface area contributed by atoms with Gasteiger partial charge in [0.15, 0.2) is 0 Å². The van der Waals surface area contributed by atoms with Gasteiger partial charge >= 0.3 is 5.69 Å². The Bertz CT molecular complexity index is 544. The first kappa shape index (κ1) is 11.2. The van der Waals surface area contributed by atoms with Crippen LogP contribution in [0.2, 0.25) is 0 Å². The first-order valence-corrected chi connectivity index (χ1v) is 5.91. The summed E-state index contributed by atoms with van der Waals surface area (Å²) in [5.74, 6) is 0.714. The van der Waals surface area contributed by atoms with Gasteiger partial charge in [-0.05, 0) is 18.6 Å². The number of aliphatic hydroxyl groups excluding tert-OH is 1. The van der Waals surface area contributed by atoms with Gasteiger partial charge in [0.05, 0.1) is 6.61 Å². The quantitative estimate of drug-likeness (QED) is 0.714. The fourth-order valence-electron chi connectivity index (χ4n) is 1.52. The van der Waals surface area contributed by atoms with Gasteiger partial charge in [-0.25, -0.2) is 4.79 Å². The van der Waals surface area contributed by atoms with E-state index in [0.29, 0.717) is 11.3 Å². The molecule has 86 valence electrons. The maximum atomic E-state index is 11.6. The third-order valence-electron chi connectivity index (χ3n) is 2.44. The summed E-state index contributed by atoms with van der Waals surface area (Å²) < 4.78 is 1.48. The van der Waals surface area contributed by atoms with Crippen molar-refractivity contribution in [2.45, 2.75) is 12.3 Å². The zero-order valence-electron chi connectivity index (χ0n) is 8.77. The second kappa shape index (κ2) is 4.31. The summed E-state index contributed by atoms with van der Waals surface area (Å²) in [4.78, 5) is 25.0. The molecule has 0 spiro atoms. The number of H-pyrrole nitrogens is 1. The Hall–Kier alpha value is -1.27. The van der Waals surface area contributed by atoms with Crippen LogP contribution in [-0.2, 0) is 0 Å². The van der Waals surface area contributed by atoms with E-state index in [1.807, 2.05) is 6.08 Å². The SMILES string of the molecule is Cc1cn(C2C=C(CO)CS2)c(=O)[nH]c1=O. The molecule has 5 nitrogen and oxygen atoms in total. The Balaban J connectivity index is 2.43. The van der Waals surface area contributed by atoms with Crippen molar-refractivity contribution >= 4 is 11.8 Å². The van der Waals surface area contributed by atoms with Crippen LogP contribution in [0.1, 0.15) is 10.9 Å². The summed E-state index contributed by atoms with van der Waals surface area (Å²) in [6.07, 6.45) is 3.40. The van der Waals surface area contributed by atoms with Gasteiger partial charge in [0.2, 0.25) is 0 Å². The van der Waals surface area contributed by atoms with E-state index in [0.717, 1.165) is 5.57 Å². The van der Waals surface area contributed by atoms with Crippen molar-refractivity contribution in [1.82, 2.24) is 9.55 Å². The average Bonchev–Trinajstić information content (AvgIpc) is 2.71. The molecule has 2 N–H and O–H groups in total. The van der Waals surface area contributed by atoms with E-state index < -0.39 is 5.69 Å². The lowest BCUT2D eigenvalue weighted by atomic mass is 10.3. The summed E-state index contributed by atoms with van der Waals surface area (Å²) in [7, 11) is 0. The summed E-state index contributed by atoms with van der Waals surface area (Å²) in [6.45, 7) is 1.67. The molecule has 0 saturated carbocycles. The molecule has 0 aromatic carbocycles. The Morgan fingerprint density at radius 1 is 1.62 bits per heavy atom. The van der Waals surface area contributed by atoms with Crippen LogP contribution in [-0.4, -0.2) is 27.0 Å². The number of aromatic amines is 1. The standard InChI is InChI=1S/C10H12N2O3S/c1-6-3-12(10(15)11-9(6)14)8-2-7(4-13)5-16-8/h2-3,8,13H,4-5H2,1H3,(H,11,14,15). The van der Waals surface area contributed by atoms with Gasteiger partial charge in [-0.2, -0.15) is 0 Å². The molecule has 1 aromatic rings. The predicted molar refractivity (Wildman–Crippen MR) is 62.7 cm³/mol. The normalized spacial score (nSPS) is 19.9.